The molecule has 6 rings (SSSR count). The summed E-state index contributed by atoms with van der Waals surface area (Å²) >= 11 is 0. The number of carbonyl (C=O) groups is 1. The van der Waals surface area contributed by atoms with Crippen molar-refractivity contribution in [1.29, 1.82) is 0 Å². The lowest BCUT2D eigenvalue weighted by Crippen LogP contribution is -2.26. The van der Waals surface area contributed by atoms with Gasteiger partial charge in [0.1, 0.15) is 23.7 Å². The summed E-state index contributed by atoms with van der Waals surface area (Å²) < 4.78 is 38.9. The van der Waals surface area contributed by atoms with Crippen molar-refractivity contribution in [3.8, 4) is 22.5 Å². The van der Waals surface area contributed by atoms with Gasteiger partial charge in [0.15, 0.2) is 11.5 Å². The normalized spacial score (nSPS) is 20.9. The van der Waals surface area contributed by atoms with Gasteiger partial charge in [-0.3, -0.25) is 9.88 Å². The van der Waals surface area contributed by atoms with E-state index in [1.807, 2.05) is 13.8 Å². The largest absolute Gasteiger partial charge is 0.442 e. The number of rotatable bonds is 6. The van der Waals surface area contributed by atoms with Crippen LogP contribution in [-0.2, 0) is 20.8 Å². The van der Waals surface area contributed by atoms with Crippen molar-refractivity contribution >= 4 is 11.8 Å². The Kier molecular flexibility index (Phi) is 5.69. The van der Waals surface area contributed by atoms with Crippen molar-refractivity contribution in [3.63, 3.8) is 0 Å². The van der Waals surface area contributed by atoms with Crippen LogP contribution in [0, 0.1) is 5.82 Å². The molecule has 37 heavy (non-hydrogen) atoms. The second-order valence-corrected chi connectivity index (χ2v) is 9.27. The van der Waals surface area contributed by atoms with Crippen LogP contribution in [0.15, 0.2) is 59.5 Å². The lowest BCUT2D eigenvalue weighted by molar-refractivity contribution is -0.141. The Hall–Kier alpha value is -4.16. The van der Waals surface area contributed by atoms with Crippen LogP contribution in [0.4, 0.5) is 14.9 Å². The van der Waals surface area contributed by atoms with Crippen LogP contribution in [0.5, 0.6) is 0 Å². The third kappa shape index (κ3) is 4.68. The van der Waals surface area contributed by atoms with Crippen LogP contribution in [-0.4, -0.2) is 56.3 Å². The molecule has 190 valence electrons. The first-order valence-electron chi connectivity index (χ1n) is 11.7. The first-order valence-corrected chi connectivity index (χ1v) is 11.7. The van der Waals surface area contributed by atoms with Crippen LogP contribution < -0.4 is 4.90 Å². The number of aromatic nitrogens is 5. The van der Waals surface area contributed by atoms with Gasteiger partial charge in [0.25, 0.3) is 0 Å². The molecule has 1 aromatic carbocycles. The minimum Gasteiger partial charge on any atom is -0.442 e. The molecule has 0 aliphatic carbocycles. The maximum absolute atomic E-state index is 15.1. The highest BCUT2D eigenvalue weighted by Gasteiger charge is 2.36. The van der Waals surface area contributed by atoms with Gasteiger partial charge in [-0.25, -0.2) is 13.9 Å². The van der Waals surface area contributed by atoms with Gasteiger partial charge in [0, 0.05) is 29.6 Å². The number of pyridine rings is 1. The van der Waals surface area contributed by atoms with Gasteiger partial charge in [-0.1, -0.05) is 16.4 Å². The van der Waals surface area contributed by atoms with Crippen LogP contribution in [0.25, 0.3) is 22.5 Å². The molecule has 5 heterocycles. The van der Waals surface area contributed by atoms with Gasteiger partial charge in [-0.15, -0.1) is 5.10 Å². The number of anilines is 1. The zero-order valence-corrected chi connectivity index (χ0v) is 20.1. The average molecular weight is 506 g/mol. The molecule has 0 radical (unpaired) electrons. The molecule has 0 N–H and O–H groups in total. The Bertz CT molecular complexity index is 1420. The van der Waals surface area contributed by atoms with Crippen molar-refractivity contribution < 1.29 is 27.9 Å². The van der Waals surface area contributed by atoms with E-state index in [1.54, 1.807) is 53.6 Å². The molecule has 11 nitrogen and oxygen atoms in total. The number of cyclic esters (lactones) is 1. The molecular weight excluding hydrogens is 483 g/mol. The highest BCUT2D eigenvalue weighted by atomic mass is 19.1. The Balaban J connectivity index is 1.15. The maximum Gasteiger partial charge on any atom is 0.414 e. The standard InChI is InChI=1S/C25H23FN6O5/c1-25(2)34-14-23(36-25)22-10-21(29-37-22)20-6-3-15(11-27-20)18-5-4-16(9-19(18)26)32-13-17(35-24(32)33)12-31-8-7-28-30-31/h3-11,17,23H,12-14H2,1-2H3/t17-,23-/m0/s1. The molecule has 2 aliphatic rings. The second-order valence-electron chi connectivity index (χ2n) is 9.27. The topological polar surface area (TPSA) is 118 Å². The zero-order chi connectivity index (χ0) is 25.6. The summed E-state index contributed by atoms with van der Waals surface area (Å²) in [4.78, 5) is 18.2. The monoisotopic (exact) mass is 506 g/mol. The molecule has 2 saturated heterocycles. The number of halogens is 1. The summed E-state index contributed by atoms with van der Waals surface area (Å²) in [7, 11) is 0. The van der Waals surface area contributed by atoms with Crippen LogP contribution in [0.1, 0.15) is 25.7 Å². The Morgan fingerprint density at radius 3 is 2.76 bits per heavy atom. The maximum atomic E-state index is 15.1. The molecule has 0 saturated carbocycles. The molecule has 0 bridgehead atoms. The smallest absolute Gasteiger partial charge is 0.414 e. The van der Waals surface area contributed by atoms with Gasteiger partial charge >= 0.3 is 6.09 Å². The molecule has 1 amide bonds. The third-order valence-corrected chi connectivity index (χ3v) is 6.19. The van der Waals surface area contributed by atoms with Gasteiger partial charge < -0.3 is 18.7 Å². The first kappa shape index (κ1) is 23.3. The molecule has 2 fully saturated rings. The minimum absolute atomic E-state index is 0.281. The lowest BCUT2D eigenvalue weighted by atomic mass is 10.1. The van der Waals surface area contributed by atoms with E-state index in [4.69, 9.17) is 18.7 Å². The quantitative estimate of drug-likeness (QED) is 0.383. The van der Waals surface area contributed by atoms with Crippen LogP contribution >= 0.6 is 0 Å². The van der Waals surface area contributed by atoms with E-state index in [9.17, 15) is 4.79 Å². The third-order valence-electron chi connectivity index (χ3n) is 6.19. The van der Waals surface area contributed by atoms with Crippen molar-refractivity contribution in [2.45, 2.75) is 38.4 Å². The van der Waals surface area contributed by atoms with Crippen molar-refractivity contribution in [3.05, 3.63) is 66.6 Å². The van der Waals surface area contributed by atoms with E-state index in [2.05, 4.69) is 20.5 Å². The number of hydrogen-bond donors (Lipinski definition) is 0. The summed E-state index contributed by atoms with van der Waals surface area (Å²) in [6, 6.07) is 9.88. The Labute approximate surface area is 210 Å². The molecule has 12 heteroatoms. The van der Waals surface area contributed by atoms with Gasteiger partial charge in [-0.05, 0) is 38.1 Å². The number of carbonyl (C=O) groups excluding carboxylic acids is 1. The fourth-order valence-corrected chi connectivity index (χ4v) is 4.37. The average Bonchev–Trinajstić information content (AvgIpc) is 3.67. The van der Waals surface area contributed by atoms with Gasteiger partial charge in [-0.2, -0.15) is 0 Å². The van der Waals surface area contributed by atoms with E-state index in [0.717, 1.165) is 0 Å². The molecule has 3 aromatic heterocycles. The van der Waals surface area contributed by atoms with Crippen molar-refractivity contribution in [2.24, 2.45) is 0 Å². The van der Waals surface area contributed by atoms with E-state index >= 15 is 4.39 Å². The van der Waals surface area contributed by atoms with Gasteiger partial charge in [0.2, 0.25) is 0 Å². The van der Waals surface area contributed by atoms with Crippen molar-refractivity contribution in [2.75, 3.05) is 18.1 Å². The molecular formula is C25H23FN6O5. The molecule has 0 unspecified atom stereocenters. The highest BCUT2D eigenvalue weighted by Crippen LogP contribution is 2.35. The van der Waals surface area contributed by atoms with E-state index in [1.165, 1.54) is 11.0 Å². The predicted octanol–water partition coefficient (Wildman–Crippen LogP) is 3.98. The van der Waals surface area contributed by atoms with Crippen LogP contribution in [0.2, 0.25) is 0 Å². The highest BCUT2D eigenvalue weighted by molar-refractivity contribution is 5.90. The Morgan fingerprint density at radius 1 is 1.16 bits per heavy atom. The summed E-state index contributed by atoms with van der Waals surface area (Å²) in [6.45, 7) is 4.70. The number of ether oxygens (including phenoxy) is 3. The summed E-state index contributed by atoms with van der Waals surface area (Å²) in [5.41, 5.74) is 2.46. The van der Waals surface area contributed by atoms with E-state index in [0.29, 0.717) is 47.1 Å². The van der Waals surface area contributed by atoms with Gasteiger partial charge in [0.05, 0.1) is 37.3 Å². The predicted molar refractivity (Wildman–Crippen MR) is 127 cm³/mol. The fourth-order valence-electron chi connectivity index (χ4n) is 4.37. The molecule has 2 aliphatic heterocycles. The number of hydrogen-bond acceptors (Lipinski definition) is 9. The summed E-state index contributed by atoms with van der Waals surface area (Å²) in [5.74, 6) is -0.604. The van der Waals surface area contributed by atoms with Crippen LogP contribution in [0.3, 0.4) is 0 Å². The number of benzene rings is 1. The minimum atomic E-state index is -0.675. The van der Waals surface area contributed by atoms with E-state index < -0.39 is 23.8 Å². The van der Waals surface area contributed by atoms with E-state index in [-0.39, 0.29) is 12.6 Å². The fraction of sp³-hybridized carbons (Fsp3) is 0.320. The molecule has 2 atom stereocenters. The SMILES string of the molecule is CC1(C)OC[C@@H](c2cc(-c3ccc(-c4ccc(N5C[C@H](Cn6ccnn6)OC5=O)cc4F)cn3)no2)O1. The molecule has 4 aromatic rings. The summed E-state index contributed by atoms with van der Waals surface area (Å²) in [6.07, 6.45) is 3.52. The Morgan fingerprint density at radius 2 is 2.05 bits per heavy atom. The first-order chi connectivity index (χ1) is 17.8. The molecule has 0 spiro atoms. The number of nitrogens with zero attached hydrogens (tertiary/aromatic N) is 6. The lowest BCUT2D eigenvalue weighted by Gasteiger charge is -2.15. The second kappa shape index (κ2) is 9.05. The van der Waals surface area contributed by atoms with Crippen molar-refractivity contribution in [1.82, 2.24) is 25.1 Å². The number of amides is 1. The summed E-state index contributed by atoms with van der Waals surface area (Å²) in [5, 5.41) is 11.7. The zero-order valence-electron chi connectivity index (χ0n) is 20.1.